The minimum atomic E-state index is -0.283. The van der Waals surface area contributed by atoms with E-state index in [-0.39, 0.29) is 5.97 Å². The molecule has 2 aromatic rings. The van der Waals surface area contributed by atoms with Crippen molar-refractivity contribution in [3.63, 3.8) is 0 Å². The second-order valence-corrected chi connectivity index (χ2v) is 7.30. The van der Waals surface area contributed by atoms with Crippen molar-refractivity contribution in [3.05, 3.63) is 39.6 Å². The Morgan fingerprint density at radius 2 is 2.08 bits per heavy atom. The number of nitrogens with zero attached hydrogens (tertiary/aromatic N) is 3. The molecular formula is C19H24BrN3O2. The molecule has 6 heteroatoms. The van der Waals surface area contributed by atoms with Crippen LogP contribution in [0.2, 0.25) is 0 Å². The number of benzene rings is 1. The van der Waals surface area contributed by atoms with Crippen LogP contribution in [-0.4, -0.2) is 28.7 Å². The number of rotatable bonds is 5. The first kappa shape index (κ1) is 18.0. The summed E-state index contributed by atoms with van der Waals surface area (Å²) in [7, 11) is 0. The van der Waals surface area contributed by atoms with Crippen molar-refractivity contribution in [2.75, 3.05) is 18.1 Å². The van der Waals surface area contributed by atoms with Crippen LogP contribution in [0.5, 0.6) is 0 Å². The fraction of sp³-hybridized carbons (Fsp3) is 0.474. The third-order valence-corrected chi connectivity index (χ3v) is 5.18. The minimum absolute atomic E-state index is 0.283. The lowest BCUT2D eigenvalue weighted by Crippen LogP contribution is -2.16. The van der Waals surface area contributed by atoms with Crippen molar-refractivity contribution in [1.29, 1.82) is 0 Å². The number of imidazole rings is 1. The van der Waals surface area contributed by atoms with Crippen LogP contribution < -0.4 is 4.90 Å². The zero-order chi connectivity index (χ0) is 18.1. The molecule has 0 aliphatic carbocycles. The number of fused-ring (bicyclic) bond motifs is 1. The largest absolute Gasteiger partial charge is 0.461 e. The first-order valence-electron chi connectivity index (χ1n) is 8.81. The molecule has 0 fully saturated rings. The van der Waals surface area contributed by atoms with Gasteiger partial charge in [-0.3, -0.25) is 0 Å². The molecule has 0 radical (unpaired) electrons. The van der Waals surface area contributed by atoms with Gasteiger partial charge in [0.15, 0.2) is 5.69 Å². The summed E-state index contributed by atoms with van der Waals surface area (Å²) in [5, 5.41) is 0. The van der Waals surface area contributed by atoms with Crippen LogP contribution in [0.15, 0.2) is 22.7 Å². The van der Waals surface area contributed by atoms with Gasteiger partial charge in [-0.05, 0) is 52.9 Å². The normalized spacial score (nSPS) is 13.4. The highest BCUT2D eigenvalue weighted by Crippen LogP contribution is 2.37. The molecular weight excluding hydrogens is 382 g/mol. The SMILES string of the molecule is CCOC(=O)c1c(CC)nc2n1CCN2c1ccc(C(C)C)cc1Br. The van der Waals surface area contributed by atoms with Gasteiger partial charge in [0.1, 0.15) is 0 Å². The Balaban J connectivity index is 2.01. The number of hydrogen-bond acceptors (Lipinski definition) is 4. The molecule has 3 rings (SSSR count). The number of ether oxygens (including phenoxy) is 1. The summed E-state index contributed by atoms with van der Waals surface area (Å²) in [5.41, 5.74) is 3.76. The van der Waals surface area contributed by atoms with Gasteiger partial charge in [-0.2, -0.15) is 0 Å². The quantitative estimate of drug-likeness (QED) is 0.678. The van der Waals surface area contributed by atoms with Crippen LogP contribution in [0.25, 0.3) is 0 Å². The van der Waals surface area contributed by atoms with Gasteiger partial charge in [-0.15, -0.1) is 0 Å². The highest BCUT2D eigenvalue weighted by molar-refractivity contribution is 9.10. The molecule has 1 aliphatic heterocycles. The van der Waals surface area contributed by atoms with E-state index in [0.717, 1.165) is 34.9 Å². The molecule has 0 saturated carbocycles. The molecule has 1 aromatic carbocycles. The third kappa shape index (κ3) is 3.19. The van der Waals surface area contributed by atoms with Crippen LogP contribution in [0, 0.1) is 0 Å². The van der Waals surface area contributed by atoms with Crippen LogP contribution in [-0.2, 0) is 17.7 Å². The number of aryl methyl sites for hydroxylation is 1. The smallest absolute Gasteiger partial charge is 0.356 e. The molecule has 2 heterocycles. The topological polar surface area (TPSA) is 47.4 Å². The summed E-state index contributed by atoms with van der Waals surface area (Å²) < 4.78 is 8.27. The first-order chi connectivity index (χ1) is 12.0. The number of halogens is 1. The number of esters is 1. The Bertz CT molecular complexity index is 798. The fourth-order valence-electron chi connectivity index (χ4n) is 3.21. The highest BCUT2D eigenvalue weighted by Gasteiger charge is 2.31. The maximum atomic E-state index is 12.4. The lowest BCUT2D eigenvalue weighted by Gasteiger charge is -2.19. The summed E-state index contributed by atoms with van der Waals surface area (Å²) >= 11 is 3.70. The molecule has 0 bridgehead atoms. The zero-order valence-corrected chi connectivity index (χ0v) is 16.8. The molecule has 0 atom stereocenters. The number of carbonyl (C=O) groups is 1. The van der Waals surface area contributed by atoms with E-state index in [9.17, 15) is 4.79 Å². The molecule has 0 spiro atoms. The second kappa shape index (κ2) is 7.20. The molecule has 0 unspecified atom stereocenters. The molecule has 5 nitrogen and oxygen atoms in total. The van der Waals surface area contributed by atoms with Crippen LogP contribution in [0.4, 0.5) is 11.6 Å². The van der Waals surface area contributed by atoms with E-state index >= 15 is 0 Å². The van der Waals surface area contributed by atoms with Crippen LogP contribution in [0.1, 0.15) is 55.4 Å². The van der Waals surface area contributed by atoms with Crippen molar-refractivity contribution in [2.45, 2.75) is 46.6 Å². The Morgan fingerprint density at radius 1 is 1.32 bits per heavy atom. The van der Waals surface area contributed by atoms with Gasteiger partial charge in [0.25, 0.3) is 0 Å². The summed E-state index contributed by atoms with van der Waals surface area (Å²) in [5.74, 6) is 1.01. The standard InChI is InChI=1S/C19H24BrN3O2/c1-5-15-17(18(24)25-6-2)23-10-9-22(19(23)21-15)16-8-7-13(12(3)4)11-14(16)20/h7-8,11-12H,5-6,9-10H2,1-4H3. The van der Waals surface area contributed by atoms with Crippen molar-refractivity contribution in [2.24, 2.45) is 0 Å². The Morgan fingerprint density at radius 3 is 2.68 bits per heavy atom. The summed E-state index contributed by atoms with van der Waals surface area (Å²) in [6.45, 7) is 10.1. The lowest BCUT2D eigenvalue weighted by molar-refractivity contribution is 0.0513. The highest BCUT2D eigenvalue weighted by atomic mass is 79.9. The molecule has 25 heavy (non-hydrogen) atoms. The first-order valence-corrected chi connectivity index (χ1v) is 9.60. The average molecular weight is 406 g/mol. The average Bonchev–Trinajstić information content (AvgIpc) is 3.13. The van der Waals surface area contributed by atoms with E-state index in [2.05, 4.69) is 52.9 Å². The van der Waals surface area contributed by atoms with Crippen LogP contribution >= 0.6 is 15.9 Å². The maximum absolute atomic E-state index is 12.4. The van der Waals surface area contributed by atoms with Gasteiger partial charge in [-0.25, -0.2) is 9.78 Å². The van der Waals surface area contributed by atoms with E-state index in [1.54, 1.807) is 0 Å². The number of carbonyl (C=O) groups excluding carboxylic acids is 1. The van der Waals surface area contributed by atoms with E-state index < -0.39 is 0 Å². The Hall–Kier alpha value is -1.82. The summed E-state index contributed by atoms with van der Waals surface area (Å²) in [6.07, 6.45) is 0.704. The Kier molecular flexibility index (Phi) is 5.18. The van der Waals surface area contributed by atoms with E-state index in [1.165, 1.54) is 5.56 Å². The van der Waals surface area contributed by atoms with Crippen molar-refractivity contribution < 1.29 is 9.53 Å². The van der Waals surface area contributed by atoms with Crippen LogP contribution in [0.3, 0.4) is 0 Å². The van der Waals surface area contributed by atoms with E-state index in [0.29, 0.717) is 24.6 Å². The van der Waals surface area contributed by atoms with E-state index in [1.807, 2.05) is 18.4 Å². The number of anilines is 2. The van der Waals surface area contributed by atoms with Gasteiger partial charge in [-0.1, -0.05) is 26.8 Å². The molecule has 0 saturated heterocycles. The van der Waals surface area contributed by atoms with Gasteiger partial charge in [0.05, 0.1) is 18.0 Å². The van der Waals surface area contributed by atoms with Gasteiger partial charge >= 0.3 is 5.97 Å². The fourth-order valence-corrected chi connectivity index (χ4v) is 3.82. The number of aromatic nitrogens is 2. The van der Waals surface area contributed by atoms with Crippen molar-refractivity contribution in [1.82, 2.24) is 9.55 Å². The molecule has 1 aromatic heterocycles. The Labute approximate surface area is 157 Å². The van der Waals surface area contributed by atoms with Gasteiger partial charge < -0.3 is 14.2 Å². The second-order valence-electron chi connectivity index (χ2n) is 6.45. The maximum Gasteiger partial charge on any atom is 0.356 e. The predicted octanol–water partition coefficient (Wildman–Crippen LogP) is 4.66. The summed E-state index contributed by atoms with van der Waals surface area (Å²) in [6, 6.07) is 6.45. The molecule has 0 amide bonds. The summed E-state index contributed by atoms with van der Waals surface area (Å²) in [4.78, 5) is 19.3. The minimum Gasteiger partial charge on any atom is -0.461 e. The monoisotopic (exact) mass is 405 g/mol. The third-order valence-electron chi connectivity index (χ3n) is 4.54. The molecule has 0 N–H and O–H groups in total. The number of hydrogen-bond donors (Lipinski definition) is 0. The lowest BCUT2D eigenvalue weighted by atomic mass is 10.0. The van der Waals surface area contributed by atoms with Crippen molar-refractivity contribution in [3.8, 4) is 0 Å². The van der Waals surface area contributed by atoms with Crippen molar-refractivity contribution >= 4 is 33.5 Å². The molecule has 1 aliphatic rings. The van der Waals surface area contributed by atoms with Gasteiger partial charge in [0.2, 0.25) is 5.95 Å². The molecule has 134 valence electrons. The van der Waals surface area contributed by atoms with Gasteiger partial charge in [0, 0.05) is 17.6 Å². The zero-order valence-electron chi connectivity index (χ0n) is 15.2. The van der Waals surface area contributed by atoms with E-state index in [4.69, 9.17) is 9.72 Å². The predicted molar refractivity (Wildman–Crippen MR) is 103 cm³/mol.